The second-order valence-corrected chi connectivity index (χ2v) is 6.83. The van der Waals surface area contributed by atoms with E-state index in [2.05, 4.69) is 24.0 Å². The van der Waals surface area contributed by atoms with Crippen LogP contribution in [0.2, 0.25) is 0 Å². The molecule has 0 fully saturated rings. The summed E-state index contributed by atoms with van der Waals surface area (Å²) < 4.78 is 0. The van der Waals surface area contributed by atoms with Crippen molar-refractivity contribution >= 4 is 28.6 Å². The molecule has 2 heterocycles. The van der Waals surface area contributed by atoms with E-state index >= 15 is 0 Å². The van der Waals surface area contributed by atoms with Crippen LogP contribution in [0.1, 0.15) is 40.9 Å². The van der Waals surface area contributed by atoms with E-state index in [0.29, 0.717) is 6.54 Å². The van der Waals surface area contributed by atoms with Crippen LogP contribution in [0, 0.1) is 6.92 Å². The van der Waals surface area contributed by atoms with Crippen molar-refractivity contribution in [2.75, 3.05) is 18.0 Å². The van der Waals surface area contributed by atoms with E-state index in [-0.39, 0.29) is 5.78 Å². The Morgan fingerprint density at radius 1 is 1.17 bits per heavy atom. The highest BCUT2D eigenvalue weighted by Gasteiger charge is 2.20. The van der Waals surface area contributed by atoms with Crippen molar-refractivity contribution in [2.24, 2.45) is 4.99 Å². The molecule has 23 heavy (non-hydrogen) atoms. The minimum Gasteiger partial charge on any atom is -0.322 e. The van der Waals surface area contributed by atoms with Gasteiger partial charge in [0, 0.05) is 18.7 Å². The number of hydrogen-bond acceptors (Lipinski definition) is 4. The van der Waals surface area contributed by atoms with E-state index in [0.717, 1.165) is 42.2 Å². The van der Waals surface area contributed by atoms with Gasteiger partial charge in [-0.3, -0.25) is 9.79 Å². The van der Waals surface area contributed by atoms with Gasteiger partial charge in [-0.15, -0.1) is 11.3 Å². The number of amidine groups is 1. The Kier molecular flexibility index (Phi) is 5.23. The number of Topliss-reactive ketones (excluding diaryl/α,β-unsaturated/α-hetero) is 1. The van der Waals surface area contributed by atoms with Crippen molar-refractivity contribution in [3.8, 4) is 0 Å². The highest BCUT2D eigenvalue weighted by atomic mass is 32.1. The molecule has 0 saturated heterocycles. The maximum Gasteiger partial charge on any atom is 0.192 e. The highest BCUT2D eigenvalue weighted by Crippen LogP contribution is 2.24. The normalized spacial score (nSPS) is 14.9. The van der Waals surface area contributed by atoms with E-state index in [1.54, 1.807) is 0 Å². The van der Waals surface area contributed by atoms with E-state index in [4.69, 9.17) is 4.99 Å². The molecule has 1 aromatic carbocycles. The molecule has 1 aromatic heterocycles. The maximum absolute atomic E-state index is 12.6. The zero-order chi connectivity index (χ0) is 16.1. The van der Waals surface area contributed by atoms with E-state index < -0.39 is 0 Å². The lowest BCUT2D eigenvalue weighted by molar-refractivity contribution is 0.101. The average Bonchev–Trinajstić information content (AvgIpc) is 2.97. The summed E-state index contributed by atoms with van der Waals surface area (Å²) in [5, 5.41) is 1.95. The summed E-state index contributed by atoms with van der Waals surface area (Å²) in [6.07, 6.45) is 4.46. The first-order chi connectivity index (χ1) is 11.3. The topological polar surface area (TPSA) is 32.7 Å². The summed E-state index contributed by atoms with van der Waals surface area (Å²) in [5.74, 6) is 1.22. The third-order valence-corrected chi connectivity index (χ3v) is 5.08. The largest absolute Gasteiger partial charge is 0.322 e. The van der Waals surface area contributed by atoms with Crippen LogP contribution < -0.4 is 4.90 Å². The van der Waals surface area contributed by atoms with Gasteiger partial charge in [0.1, 0.15) is 5.84 Å². The van der Waals surface area contributed by atoms with Crippen LogP contribution in [0.25, 0.3) is 0 Å². The van der Waals surface area contributed by atoms with Crippen molar-refractivity contribution < 1.29 is 4.79 Å². The molecule has 1 aliphatic rings. The molecule has 0 saturated carbocycles. The molecule has 1 aliphatic heterocycles. The average molecular weight is 326 g/mol. The quantitative estimate of drug-likeness (QED) is 0.762. The Balaban J connectivity index is 1.91. The van der Waals surface area contributed by atoms with Crippen molar-refractivity contribution in [1.29, 1.82) is 0 Å². The summed E-state index contributed by atoms with van der Waals surface area (Å²) in [6, 6.07) is 12.1. The second kappa shape index (κ2) is 7.55. The zero-order valence-corrected chi connectivity index (χ0v) is 14.3. The van der Waals surface area contributed by atoms with E-state index in [1.807, 2.05) is 29.6 Å². The molecule has 120 valence electrons. The van der Waals surface area contributed by atoms with Gasteiger partial charge < -0.3 is 4.90 Å². The van der Waals surface area contributed by atoms with Gasteiger partial charge in [-0.05, 0) is 42.8 Å². The van der Waals surface area contributed by atoms with Crippen LogP contribution in [0.4, 0.5) is 5.69 Å². The Bertz CT molecular complexity index is 691. The van der Waals surface area contributed by atoms with Crippen molar-refractivity contribution in [1.82, 2.24) is 0 Å². The zero-order valence-electron chi connectivity index (χ0n) is 13.5. The molecule has 0 N–H and O–H groups in total. The standard InChI is InChI=1S/C19H22N2OS/c1-15-8-4-5-9-16(15)21(19-11-3-2-6-12-20-19)14-17(22)18-10-7-13-23-18/h4-5,7-10,13H,2-3,6,11-12,14H2,1H3. The SMILES string of the molecule is Cc1ccccc1N(CC(=O)c1cccs1)C1=NCCCCC1. The van der Waals surface area contributed by atoms with E-state index in [9.17, 15) is 4.79 Å². The maximum atomic E-state index is 12.6. The second-order valence-electron chi connectivity index (χ2n) is 5.88. The summed E-state index contributed by atoms with van der Waals surface area (Å²) in [6.45, 7) is 3.32. The summed E-state index contributed by atoms with van der Waals surface area (Å²) in [5.41, 5.74) is 2.27. The lowest BCUT2D eigenvalue weighted by Crippen LogP contribution is -2.36. The van der Waals surface area contributed by atoms with Crippen LogP contribution in [-0.4, -0.2) is 24.7 Å². The molecule has 0 amide bonds. The molecule has 0 atom stereocenters. The van der Waals surface area contributed by atoms with Crippen LogP contribution in [0.15, 0.2) is 46.8 Å². The Morgan fingerprint density at radius 3 is 2.83 bits per heavy atom. The third kappa shape index (κ3) is 3.88. The molecule has 4 heteroatoms. The number of para-hydroxylation sites is 1. The highest BCUT2D eigenvalue weighted by molar-refractivity contribution is 7.12. The number of carbonyl (C=O) groups is 1. The summed E-state index contributed by atoms with van der Waals surface area (Å²) >= 11 is 1.51. The lowest BCUT2D eigenvalue weighted by atomic mass is 10.1. The van der Waals surface area contributed by atoms with E-state index in [1.165, 1.54) is 23.3 Å². The number of aryl methyl sites for hydroxylation is 1. The van der Waals surface area contributed by atoms with Crippen molar-refractivity contribution in [3.05, 3.63) is 52.2 Å². The predicted octanol–water partition coefficient (Wildman–Crippen LogP) is 4.72. The predicted molar refractivity (Wildman–Crippen MR) is 97.9 cm³/mol. The van der Waals surface area contributed by atoms with Crippen LogP contribution in [0.3, 0.4) is 0 Å². The lowest BCUT2D eigenvalue weighted by Gasteiger charge is -2.27. The van der Waals surface area contributed by atoms with Crippen molar-refractivity contribution in [2.45, 2.75) is 32.6 Å². The molecule has 0 aliphatic carbocycles. The van der Waals surface area contributed by atoms with Gasteiger partial charge in [-0.1, -0.05) is 30.7 Å². The minimum absolute atomic E-state index is 0.162. The molecular formula is C19H22N2OS. The molecular weight excluding hydrogens is 304 g/mol. The van der Waals surface area contributed by atoms with Gasteiger partial charge in [0.05, 0.1) is 11.4 Å². The number of carbonyl (C=O) groups excluding carboxylic acids is 1. The fourth-order valence-corrected chi connectivity index (χ4v) is 3.58. The number of aliphatic imine (C=N–C) groups is 1. The smallest absolute Gasteiger partial charge is 0.192 e. The molecule has 0 spiro atoms. The molecule has 3 nitrogen and oxygen atoms in total. The van der Waals surface area contributed by atoms with Crippen LogP contribution >= 0.6 is 11.3 Å². The Hall–Kier alpha value is -1.94. The van der Waals surface area contributed by atoms with Gasteiger partial charge in [0.15, 0.2) is 5.78 Å². The molecule has 0 radical (unpaired) electrons. The fourth-order valence-electron chi connectivity index (χ4n) is 2.92. The fraction of sp³-hybridized carbons (Fsp3) is 0.368. The van der Waals surface area contributed by atoms with Gasteiger partial charge in [-0.2, -0.15) is 0 Å². The number of benzene rings is 1. The van der Waals surface area contributed by atoms with Crippen LogP contribution in [0.5, 0.6) is 0 Å². The van der Waals surface area contributed by atoms with Crippen LogP contribution in [-0.2, 0) is 0 Å². The van der Waals surface area contributed by atoms with Gasteiger partial charge in [0.25, 0.3) is 0 Å². The number of thiophene rings is 1. The minimum atomic E-state index is 0.162. The Morgan fingerprint density at radius 2 is 2.04 bits per heavy atom. The number of hydrogen-bond donors (Lipinski definition) is 0. The molecule has 3 rings (SSSR count). The summed E-state index contributed by atoms with van der Waals surface area (Å²) in [7, 11) is 0. The van der Waals surface area contributed by atoms with Gasteiger partial charge >= 0.3 is 0 Å². The first-order valence-electron chi connectivity index (χ1n) is 8.19. The Labute approximate surface area is 141 Å². The summed E-state index contributed by atoms with van der Waals surface area (Å²) in [4.78, 5) is 20.4. The molecule has 0 unspecified atom stereocenters. The van der Waals surface area contributed by atoms with Gasteiger partial charge in [0.2, 0.25) is 0 Å². The molecule has 2 aromatic rings. The monoisotopic (exact) mass is 326 g/mol. The first kappa shape index (κ1) is 15.9. The number of ketones is 1. The third-order valence-electron chi connectivity index (χ3n) is 4.17. The van der Waals surface area contributed by atoms with Gasteiger partial charge in [-0.25, -0.2) is 0 Å². The number of rotatable bonds is 4. The molecule has 0 bridgehead atoms. The first-order valence-corrected chi connectivity index (χ1v) is 9.07. The number of anilines is 1. The van der Waals surface area contributed by atoms with Crippen molar-refractivity contribution in [3.63, 3.8) is 0 Å². The number of nitrogens with zero attached hydrogens (tertiary/aromatic N) is 2.